The van der Waals surface area contributed by atoms with Crippen LogP contribution < -0.4 is 5.32 Å². The Bertz CT molecular complexity index is 551. The molecule has 0 saturated heterocycles. The standard InChI is InChI=1S/C20H34N2O6/c1-7-12-22(13-8-2)15(17(25)18(26)16(24)14(3)23)10-9-11-21-19(27)28-20(4,5)6/h7-8,14-18,23-26H,1-2,11-13H2,3-6H3,(H,21,27)/t14-,15-,16+,17+,18+/m0/s1. The highest BCUT2D eigenvalue weighted by Gasteiger charge is 2.35. The van der Waals surface area contributed by atoms with Gasteiger partial charge in [-0.3, -0.25) is 4.90 Å². The van der Waals surface area contributed by atoms with E-state index in [0.717, 1.165) is 0 Å². The number of amides is 1. The average Bonchev–Trinajstić information content (AvgIpc) is 2.58. The van der Waals surface area contributed by atoms with Crippen molar-refractivity contribution in [3.63, 3.8) is 0 Å². The van der Waals surface area contributed by atoms with Crippen LogP contribution in [0.1, 0.15) is 27.7 Å². The van der Waals surface area contributed by atoms with E-state index in [0.29, 0.717) is 13.1 Å². The maximum absolute atomic E-state index is 11.7. The van der Waals surface area contributed by atoms with E-state index in [1.807, 2.05) is 0 Å². The van der Waals surface area contributed by atoms with Gasteiger partial charge in [0, 0.05) is 13.1 Å². The van der Waals surface area contributed by atoms with Crippen LogP contribution in [0.3, 0.4) is 0 Å². The van der Waals surface area contributed by atoms with Gasteiger partial charge in [0.05, 0.1) is 12.6 Å². The van der Waals surface area contributed by atoms with Crippen molar-refractivity contribution in [2.45, 2.75) is 63.8 Å². The molecular weight excluding hydrogens is 364 g/mol. The predicted octanol–water partition coefficient (Wildman–Crippen LogP) is 0.0206. The summed E-state index contributed by atoms with van der Waals surface area (Å²) in [7, 11) is 0. The zero-order chi connectivity index (χ0) is 21.9. The first-order chi connectivity index (χ1) is 12.9. The summed E-state index contributed by atoms with van der Waals surface area (Å²) in [5, 5.41) is 42.5. The van der Waals surface area contributed by atoms with Gasteiger partial charge in [-0.25, -0.2) is 4.79 Å². The molecule has 0 fully saturated rings. The van der Waals surface area contributed by atoms with Gasteiger partial charge in [0.1, 0.15) is 30.0 Å². The van der Waals surface area contributed by atoms with Crippen molar-refractivity contribution < 1.29 is 30.0 Å². The minimum atomic E-state index is -1.63. The first kappa shape index (κ1) is 26.1. The number of nitrogens with one attached hydrogen (secondary N) is 1. The van der Waals surface area contributed by atoms with E-state index in [2.05, 4.69) is 30.3 Å². The number of rotatable bonds is 10. The molecule has 0 aromatic rings. The van der Waals surface area contributed by atoms with Crippen LogP contribution in [0.5, 0.6) is 0 Å². The fraction of sp³-hybridized carbons (Fsp3) is 0.650. The highest BCUT2D eigenvalue weighted by Crippen LogP contribution is 2.13. The average molecular weight is 399 g/mol. The molecule has 0 aromatic heterocycles. The van der Waals surface area contributed by atoms with Crippen LogP contribution >= 0.6 is 0 Å². The number of carbonyl (C=O) groups is 1. The summed E-state index contributed by atoms with van der Waals surface area (Å²) < 4.78 is 5.11. The maximum atomic E-state index is 11.7. The molecule has 0 aromatic carbocycles. The number of carbonyl (C=O) groups excluding carboxylic acids is 1. The van der Waals surface area contributed by atoms with Crippen LogP contribution in [0.15, 0.2) is 25.3 Å². The van der Waals surface area contributed by atoms with Crippen LogP contribution in [0.2, 0.25) is 0 Å². The van der Waals surface area contributed by atoms with Gasteiger partial charge < -0.3 is 30.5 Å². The Hall–Kier alpha value is -1.89. The lowest BCUT2D eigenvalue weighted by Crippen LogP contribution is -2.53. The topological polar surface area (TPSA) is 122 Å². The molecule has 8 nitrogen and oxygen atoms in total. The lowest BCUT2D eigenvalue weighted by atomic mass is 9.97. The Morgan fingerprint density at radius 2 is 1.64 bits per heavy atom. The third-order valence-electron chi connectivity index (χ3n) is 3.61. The molecule has 160 valence electrons. The molecule has 0 aliphatic heterocycles. The largest absolute Gasteiger partial charge is 0.444 e. The Kier molecular flexibility index (Phi) is 11.7. The molecule has 0 heterocycles. The minimum Gasteiger partial charge on any atom is -0.444 e. The van der Waals surface area contributed by atoms with Crippen LogP contribution in [-0.4, -0.2) is 87.1 Å². The van der Waals surface area contributed by atoms with Crippen LogP contribution in [0.4, 0.5) is 4.79 Å². The molecule has 0 aliphatic carbocycles. The van der Waals surface area contributed by atoms with E-state index in [1.165, 1.54) is 6.92 Å². The quantitative estimate of drug-likeness (QED) is 0.260. The van der Waals surface area contributed by atoms with Crippen molar-refractivity contribution in [3.8, 4) is 11.8 Å². The lowest BCUT2D eigenvalue weighted by Gasteiger charge is -2.34. The summed E-state index contributed by atoms with van der Waals surface area (Å²) in [6.07, 6.45) is -3.33. The molecule has 0 spiro atoms. The van der Waals surface area contributed by atoms with Gasteiger partial charge in [0.15, 0.2) is 0 Å². The van der Waals surface area contributed by atoms with Gasteiger partial charge in [-0.1, -0.05) is 24.0 Å². The number of hydrogen-bond donors (Lipinski definition) is 5. The van der Waals surface area contributed by atoms with Gasteiger partial charge in [0.2, 0.25) is 0 Å². The summed E-state index contributed by atoms with van der Waals surface area (Å²) in [5.74, 6) is 5.51. The van der Waals surface area contributed by atoms with Crippen LogP contribution in [0.25, 0.3) is 0 Å². The van der Waals surface area contributed by atoms with Gasteiger partial charge >= 0.3 is 6.09 Å². The lowest BCUT2D eigenvalue weighted by molar-refractivity contribution is -0.112. The summed E-state index contributed by atoms with van der Waals surface area (Å²) in [6.45, 7) is 14.5. The van der Waals surface area contributed by atoms with Crippen molar-refractivity contribution >= 4 is 6.09 Å². The monoisotopic (exact) mass is 398 g/mol. The Labute approximate surface area is 167 Å². The number of ether oxygens (including phenoxy) is 1. The van der Waals surface area contributed by atoms with Gasteiger partial charge in [0.25, 0.3) is 0 Å². The Morgan fingerprint density at radius 3 is 2.07 bits per heavy atom. The van der Waals surface area contributed by atoms with Crippen molar-refractivity contribution in [2.24, 2.45) is 0 Å². The molecule has 1 amide bonds. The van der Waals surface area contributed by atoms with E-state index in [1.54, 1.807) is 37.8 Å². The summed E-state index contributed by atoms with van der Waals surface area (Å²) in [5.41, 5.74) is -0.637. The maximum Gasteiger partial charge on any atom is 0.408 e. The van der Waals surface area contributed by atoms with Gasteiger partial charge in [-0.2, -0.15) is 0 Å². The Morgan fingerprint density at radius 1 is 1.11 bits per heavy atom. The van der Waals surface area contributed by atoms with E-state index in [4.69, 9.17) is 4.74 Å². The highest BCUT2D eigenvalue weighted by molar-refractivity contribution is 5.68. The fourth-order valence-electron chi connectivity index (χ4n) is 2.29. The van der Waals surface area contributed by atoms with Crippen LogP contribution in [0, 0.1) is 11.8 Å². The Balaban J connectivity index is 5.32. The first-order valence-corrected chi connectivity index (χ1v) is 9.08. The molecule has 0 saturated carbocycles. The SMILES string of the molecule is C=CCN(CC=C)[C@@H](C#CCNC(=O)OC(C)(C)C)[C@@H](O)[C@H](O)[C@H](O)[C@H](C)O. The molecule has 8 heteroatoms. The predicted molar refractivity (Wildman–Crippen MR) is 107 cm³/mol. The number of aliphatic hydroxyl groups excluding tert-OH is 4. The van der Waals surface area contributed by atoms with Gasteiger partial charge in [-0.15, -0.1) is 13.2 Å². The smallest absolute Gasteiger partial charge is 0.408 e. The number of nitrogens with zero attached hydrogens (tertiary/aromatic N) is 1. The molecule has 0 rings (SSSR count). The summed E-state index contributed by atoms with van der Waals surface area (Å²) in [4.78, 5) is 13.3. The number of hydrogen-bond acceptors (Lipinski definition) is 7. The van der Waals surface area contributed by atoms with E-state index < -0.39 is 42.2 Å². The second kappa shape index (κ2) is 12.5. The summed E-state index contributed by atoms with van der Waals surface area (Å²) >= 11 is 0. The van der Waals surface area contributed by atoms with Crippen molar-refractivity contribution in [1.29, 1.82) is 0 Å². The first-order valence-electron chi connectivity index (χ1n) is 9.08. The molecule has 0 aliphatic rings. The van der Waals surface area contributed by atoms with Crippen molar-refractivity contribution in [2.75, 3.05) is 19.6 Å². The minimum absolute atomic E-state index is 0.0385. The molecule has 0 bridgehead atoms. The molecular formula is C20H34N2O6. The highest BCUT2D eigenvalue weighted by atomic mass is 16.6. The van der Waals surface area contributed by atoms with E-state index in [-0.39, 0.29) is 6.54 Å². The van der Waals surface area contributed by atoms with Crippen LogP contribution in [-0.2, 0) is 4.74 Å². The van der Waals surface area contributed by atoms with E-state index in [9.17, 15) is 25.2 Å². The fourth-order valence-corrected chi connectivity index (χ4v) is 2.29. The normalized spacial score (nSPS) is 16.8. The van der Waals surface area contributed by atoms with Crippen molar-refractivity contribution in [3.05, 3.63) is 25.3 Å². The second-order valence-electron chi connectivity index (χ2n) is 7.37. The number of aliphatic hydroxyl groups is 4. The molecule has 0 radical (unpaired) electrons. The second-order valence-corrected chi connectivity index (χ2v) is 7.37. The van der Waals surface area contributed by atoms with E-state index >= 15 is 0 Å². The summed E-state index contributed by atoms with van der Waals surface area (Å²) in [6, 6.07) is -0.903. The van der Waals surface area contributed by atoms with Crippen molar-refractivity contribution in [1.82, 2.24) is 10.2 Å². The third kappa shape index (κ3) is 9.88. The molecule has 5 atom stereocenters. The zero-order valence-electron chi connectivity index (χ0n) is 17.1. The zero-order valence-corrected chi connectivity index (χ0v) is 17.1. The van der Waals surface area contributed by atoms with Gasteiger partial charge in [-0.05, 0) is 27.7 Å². The number of alkyl carbamates (subject to hydrolysis) is 1. The molecule has 5 N–H and O–H groups in total. The molecule has 28 heavy (non-hydrogen) atoms. The third-order valence-corrected chi connectivity index (χ3v) is 3.61. The molecule has 0 unspecified atom stereocenters.